The van der Waals surface area contributed by atoms with Gasteiger partial charge in [-0.3, -0.25) is 4.79 Å². The summed E-state index contributed by atoms with van der Waals surface area (Å²) < 4.78 is 15.2. The van der Waals surface area contributed by atoms with Crippen LogP contribution in [0, 0.1) is 0 Å². The Labute approximate surface area is 149 Å². The first-order chi connectivity index (χ1) is 12.6. The standard InChI is InChI=1S/C17H19N3O6/c1-2-24-17(23)20-8-6-19(7-9-20)14(21)10-25-16(22)12-4-3-5-13-15(12)18-11-26-13/h3-5,11H,2,6-10H2,1H3. The number of oxazole rings is 1. The first-order valence-electron chi connectivity index (χ1n) is 8.29. The van der Waals surface area contributed by atoms with Gasteiger partial charge >= 0.3 is 12.1 Å². The van der Waals surface area contributed by atoms with Crippen molar-refractivity contribution in [3.05, 3.63) is 30.2 Å². The molecule has 26 heavy (non-hydrogen) atoms. The van der Waals surface area contributed by atoms with E-state index in [9.17, 15) is 14.4 Å². The molecule has 0 saturated carbocycles. The lowest BCUT2D eigenvalue weighted by molar-refractivity contribution is -0.136. The number of aromatic nitrogens is 1. The minimum absolute atomic E-state index is 0.246. The molecule has 0 spiro atoms. The number of para-hydroxylation sites is 1. The van der Waals surface area contributed by atoms with Crippen LogP contribution in [0.4, 0.5) is 4.79 Å². The van der Waals surface area contributed by atoms with Crippen molar-refractivity contribution in [3.8, 4) is 0 Å². The van der Waals surface area contributed by atoms with Crippen molar-refractivity contribution in [2.75, 3.05) is 39.4 Å². The Morgan fingerprint density at radius 1 is 1.12 bits per heavy atom. The van der Waals surface area contributed by atoms with Crippen molar-refractivity contribution < 1.29 is 28.3 Å². The monoisotopic (exact) mass is 361 g/mol. The smallest absolute Gasteiger partial charge is 0.409 e. The predicted octanol–water partition coefficient (Wildman–Crippen LogP) is 1.29. The highest BCUT2D eigenvalue weighted by Gasteiger charge is 2.25. The zero-order chi connectivity index (χ0) is 18.5. The topological polar surface area (TPSA) is 102 Å². The maximum absolute atomic E-state index is 12.2. The molecule has 2 heterocycles. The average molecular weight is 361 g/mol. The van der Waals surface area contributed by atoms with Gasteiger partial charge in [-0.2, -0.15) is 0 Å². The van der Waals surface area contributed by atoms with E-state index in [1.165, 1.54) is 6.39 Å². The summed E-state index contributed by atoms with van der Waals surface area (Å²) >= 11 is 0. The molecule has 1 aliphatic rings. The third kappa shape index (κ3) is 3.76. The van der Waals surface area contributed by atoms with Gasteiger partial charge in [-0.25, -0.2) is 14.6 Å². The SMILES string of the molecule is CCOC(=O)N1CCN(C(=O)COC(=O)c2cccc3ocnc23)CC1. The molecular formula is C17H19N3O6. The number of carbonyl (C=O) groups excluding carboxylic acids is 3. The van der Waals surface area contributed by atoms with Crippen LogP contribution in [0.2, 0.25) is 0 Å². The second-order valence-corrected chi connectivity index (χ2v) is 5.65. The van der Waals surface area contributed by atoms with Gasteiger partial charge in [0.25, 0.3) is 5.91 Å². The fraction of sp³-hybridized carbons (Fsp3) is 0.412. The van der Waals surface area contributed by atoms with E-state index in [0.717, 1.165) is 0 Å². The summed E-state index contributed by atoms with van der Waals surface area (Å²) in [5.74, 6) is -0.947. The minimum atomic E-state index is -0.636. The number of rotatable bonds is 4. The number of hydrogen-bond acceptors (Lipinski definition) is 7. The van der Waals surface area contributed by atoms with Gasteiger partial charge in [-0.05, 0) is 19.1 Å². The maximum Gasteiger partial charge on any atom is 0.409 e. The highest BCUT2D eigenvalue weighted by Crippen LogP contribution is 2.17. The van der Waals surface area contributed by atoms with Gasteiger partial charge in [0.1, 0.15) is 5.52 Å². The lowest BCUT2D eigenvalue weighted by atomic mass is 10.2. The molecule has 138 valence electrons. The van der Waals surface area contributed by atoms with Crippen molar-refractivity contribution in [2.24, 2.45) is 0 Å². The van der Waals surface area contributed by atoms with Gasteiger partial charge in [0.2, 0.25) is 0 Å². The summed E-state index contributed by atoms with van der Waals surface area (Å²) in [7, 11) is 0. The van der Waals surface area contributed by atoms with Crippen LogP contribution in [0.3, 0.4) is 0 Å². The third-order valence-electron chi connectivity index (χ3n) is 4.07. The van der Waals surface area contributed by atoms with Gasteiger partial charge in [0.15, 0.2) is 18.6 Å². The second-order valence-electron chi connectivity index (χ2n) is 5.65. The number of ether oxygens (including phenoxy) is 2. The minimum Gasteiger partial charge on any atom is -0.452 e. The summed E-state index contributed by atoms with van der Waals surface area (Å²) in [5.41, 5.74) is 1.12. The van der Waals surface area contributed by atoms with E-state index in [2.05, 4.69) is 4.98 Å². The molecule has 1 aromatic carbocycles. The van der Waals surface area contributed by atoms with Crippen LogP contribution in [-0.2, 0) is 14.3 Å². The number of benzene rings is 1. The molecule has 0 atom stereocenters. The molecule has 9 nitrogen and oxygen atoms in total. The normalized spacial score (nSPS) is 14.3. The lowest BCUT2D eigenvalue weighted by Gasteiger charge is -2.33. The second kappa shape index (κ2) is 7.85. The molecule has 2 amide bonds. The Morgan fingerprint density at radius 2 is 1.85 bits per heavy atom. The molecule has 0 N–H and O–H groups in total. The Kier molecular flexibility index (Phi) is 5.35. The van der Waals surface area contributed by atoms with E-state index in [1.54, 1.807) is 34.9 Å². The van der Waals surface area contributed by atoms with Gasteiger partial charge in [0.05, 0.1) is 12.2 Å². The molecule has 9 heteroatoms. The Balaban J connectivity index is 1.51. The quantitative estimate of drug-likeness (QED) is 0.756. The molecule has 0 aliphatic carbocycles. The molecule has 1 fully saturated rings. The largest absolute Gasteiger partial charge is 0.452 e. The summed E-state index contributed by atoms with van der Waals surface area (Å²) in [6.07, 6.45) is 0.863. The van der Waals surface area contributed by atoms with Crippen LogP contribution in [0.1, 0.15) is 17.3 Å². The molecule has 0 radical (unpaired) electrons. The molecule has 3 rings (SSSR count). The molecule has 0 bridgehead atoms. The van der Waals surface area contributed by atoms with Crippen molar-refractivity contribution in [2.45, 2.75) is 6.92 Å². The van der Waals surface area contributed by atoms with Crippen LogP contribution in [0.5, 0.6) is 0 Å². The summed E-state index contributed by atoms with van der Waals surface area (Å²) in [6, 6.07) is 4.91. The first-order valence-corrected chi connectivity index (χ1v) is 8.29. The van der Waals surface area contributed by atoms with Crippen molar-refractivity contribution in [1.29, 1.82) is 0 Å². The number of amides is 2. The molecular weight excluding hydrogens is 342 g/mol. The van der Waals surface area contributed by atoms with E-state index >= 15 is 0 Å². The fourth-order valence-electron chi connectivity index (χ4n) is 2.70. The van der Waals surface area contributed by atoms with Gasteiger partial charge in [-0.1, -0.05) is 6.07 Å². The first kappa shape index (κ1) is 17.7. The fourth-order valence-corrected chi connectivity index (χ4v) is 2.70. The van der Waals surface area contributed by atoms with Gasteiger partial charge in [-0.15, -0.1) is 0 Å². The van der Waals surface area contributed by atoms with E-state index in [0.29, 0.717) is 43.9 Å². The van der Waals surface area contributed by atoms with Crippen LogP contribution in [0.15, 0.2) is 29.0 Å². The highest BCUT2D eigenvalue weighted by atomic mass is 16.6. The predicted molar refractivity (Wildman–Crippen MR) is 89.5 cm³/mol. The number of carbonyl (C=O) groups is 3. The van der Waals surface area contributed by atoms with E-state index in [1.807, 2.05) is 0 Å². The molecule has 1 aliphatic heterocycles. The molecule has 1 saturated heterocycles. The summed E-state index contributed by atoms with van der Waals surface area (Å²) in [5, 5.41) is 0. The average Bonchev–Trinajstić information content (AvgIpc) is 3.15. The Hall–Kier alpha value is -3.10. The van der Waals surface area contributed by atoms with Gasteiger partial charge in [0, 0.05) is 26.2 Å². The lowest BCUT2D eigenvalue weighted by Crippen LogP contribution is -2.51. The van der Waals surface area contributed by atoms with Crippen molar-refractivity contribution >= 4 is 29.1 Å². The number of hydrogen-bond donors (Lipinski definition) is 0. The van der Waals surface area contributed by atoms with Crippen LogP contribution < -0.4 is 0 Å². The zero-order valence-electron chi connectivity index (χ0n) is 14.3. The zero-order valence-corrected chi connectivity index (χ0v) is 14.3. The van der Waals surface area contributed by atoms with Crippen LogP contribution >= 0.6 is 0 Å². The molecule has 0 unspecified atom stereocenters. The highest BCUT2D eigenvalue weighted by molar-refractivity contribution is 6.01. The maximum atomic E-state index is 12.2. The van der Waals surface area contributed by atoms with E-state index in [-0.39, 0.29) is 24.2 Å². The molecule has 2 aromatic rings. The number of esters is 1. The number of piperazine rings is 1. The Bertz CT molecular complexity index is 810. The van der Waals surface area contributed by atoms with Crippen molar-refractivity contribution in [3.63, 3.8) is 0 Å². The van der Waals surface area contributed by atoms with Crippen LogP contribution in [0.25, 0.3) is 11.1 Å². The third-order valence-corrected chi connectivity index (χ3v) is 4.07. The van der Waals surface area contributed by atoms with Crippen LogP contribution in [-0.4, -0.2) is 72.1 Å². The summed E-state index contributed by atoms with van der Waals surface area (Å²) in [4.78, 5) is 43.2. The summed E-state index contributed by atoms with van der Waals surface area (Å²) in [6.45, 7) is 3.19. The van der Waals surface area contributed by atoms with Crippen molar-refractivity contribution in [1.82, 2.24) is 14.8 Å². The Morgan fingerprint density at radius 3 is 2.58 bits per heavy atom. The van der Waals surface area contributed by atoms with E-state index < -0.39 is 5.97 Å². The van der Waals surface area contributed by atoms with E-state index in [4.69, 9.17) is 13.9 Å². The number of nitrogens with zero attached hydrogens (tertiary/aromatic N) is 3. The number of fused-ring (bicyclic) bond motifs is 1. The molecule has 1 aromatic heterocycles. The van der Waals surface area contributed by atoms with Gasteiger partial charge < -0.3 is 23.7 Å².